The van der Waals surface area contributed by atoms with Gasteiger partial charge < -0.3 is 10.1 Å². The second-order valence-corrected chi connectivity index (χ2v) is 4.49. The summed E-state index contributed by atoms with van der Waals surface area (Å²) in [6.45, 7) is 13.2. The molecule has 3 heteroatoms. The van der Waals surface area contributed by atoms with Gasteiger partial charge in [-0.2, -0.15) is 0 Å². The summed E-state index contributed by atoms with van der Waals surface area (Å²) in [6.07, 6.45) is 4.77. The van der Waals surface area contributed by atoms with E-state index in [4.69, 9.17) is 4.74 Å². The quantitative estimate of drug-likeness (QED) is 0.528. The molecule has 1 aliphatic heterocycles. The molecule has 0 spiro atoms. The van der Waals surface area contributed by atoms with Crippen LogP contribution in [-0.4, -0.2) is 49.8 Å². The van der Waals surface area contributed by atoms with Gasteiger partial charge in [0.15, 0.2) is 0 Å². The van der Waals surface area contributed by atoms with Crippen molar-refractivity contribution in [2.24, 2.45) is 0 Å². The third-order valence-electron chi connectivity index (χ3n) is 3.23. The van der Waals surface area contributed by atoms with Crippen LogP contribution in [0.3, 0.4) is 0 Å². The van der Waals surface area contributed by atoms with Gasteiger partial charge >= 0.3 is 0 Å². The maximum atomic E-state index is 5.65. The van der Waals surface area contributed by atoms with E-state index >= 15 is 0 Å². The first-order valence-electron chi connectivity index (χ1n) is 6.45. The summed E-state index contributed by atoms with van der Waals surface area (Å²) in [4.78, 5) is 2.55. The van der Waals surface area contributed by atoms with Gasteiger partial charge in [-0.05, 0) is 26.7 Å². The van der Waals surface area contributed by atoms with Crippen molar-refractivity contribution in [2.75, 3.05) is 32.8 Å². The topological polar surface area (TPSA) is 24.5 Å². The van der Waals surface area contributed by atoms with Crippen molar-refractivity contribution >= 4 is 0 Å². The molecule has 0 radical (unpaired) electrons. The first kappa shape index (κ1) is 13.7. The zero-order valence-electron chi connectivity index (χ0n) is 10.7. The summed E-state index contributed by atoms with van der Waals surface area (Å²) in [5.41, 5.74) is 0. The summed E-state index contributed by atoms with van der Waals surface area (Å²) in [6, 6.07) is 0.613. The van der Waals surface area contributed by atoms with E-state index in [2.05, 4.69) is 30.6 Å². The molecular weight excluding hydrogens is 200 g/mol. The Morgan fingerprint density at radius 1 is 1.50 bits per heavy atom. The number of hydrogen-bond donors (Lipinski definition) is 1. The fourth-order valence-corrected chi connectivity index (χ4v) is 2.24. The fraction of sp³-hybridized carbons (Fsp3) is 0.846. The molecule has 1 fully saturated rings. The maximum Gasteiger partial charge on any atom is 0.0599 e. The molecule has 3 nitrogen and oxygen atoms in total. The lowest BCUT2D eigenvalue weighted by Crippen LogP contribution is -2.46. The minimum Gasteiger partial charge on any atom is -0.378 e. The summed E-state index contributed by atoms with van der Waals surface area (Å²) in [5, 5.41) is 3.38. The van der Waals surface area contributed by atoms with Gasteiger partial charge in [0.1, 0.15) is 0 Å². The van der Waals surface area contributed by atoms with Crippen LogP contribution in [0.4, 0.5) is 0 Å². The molecule has 0 aromatic heterocycles. The molecule has 1 aliphatic rings. The number of nitrogens with zero attached hydrogens (tertiary/aromatic N) is 1. The van der Waals surface area contributed by atoms with E-state index in [-0.39, 0.29) is 0 Å². The van der Waals surface area contributed by atoms with Crippen molar-refractivity contribution in [2.45, 2.75) is 38.8 Å². The maximum absolute atomic E-state index is 5.65. The normalized spacial score (nSPS) is 20.9. The average molecular weight is 226 g/mol. The second-order valence-electron chi connectivity index (χ2n) is 4.49. The van der Waals surface area contributed by atoms with Crippen molar-refractivity contribution in [3.05, 3.63) is 12.7 Å². The Bertz CT molecular complexity index is 188. The first-order chi connectivity index (χ1) is 7.77. The Morgan fingerprint density at radius 2 is 2.19 bits per heavy atom. The predicted octanol–water partition coefficient (Wildman–Crippen LogP) is 1.65. The molecule has 1 unspecified atom stereocenters. The Hall–Kier alpha value is -0.380. The molecule has 16 heavy (non-hydrogen) atoms. The predicted molar refractivity (Wildman–Crippen MR) is 68.7 cm³/mol. The Labute approximate surface area is 99.8 Å². The van der Waals surface area contributed by atoms with Crippen LogP contribution >= 0.6 is 0 Å². The number of ether oxygens (including phenoxy) is 1. The third kappa shape index (κ3) is 4.64. The smallest absolute Gasteiger partial charge is 0.0599 e. The number of rotatable bonds is 7. The fourth-order valence-electron chi connectivity index (χ4n) is 2.24. The molecule has 0 bridgehead atoms. The monoisotopic (exact) mass is 226 g/mol. The Morgan fingerprint density at radius 3 is 2.75 bits per heavy atom. The second kappa shape index (κ2) is 7.82. The van der Waals surface area contributed by atoms with E-state index in [0.717, 1.165) is 19.7 Å². The van der Waals surface area contributed by atoms with Gasteiger partial charge in [0.25, 0.3) is 0 Å². The molecule has 1 N–H and O–H groups in total. The van der Waals surface area contributed by atoms with Gasteiger partial charge in [-0.1, -0.05) is 6.08 Å². The van der Waals surface area contributed by atoms with Crippen LogP contribution in [0, 0.1) is 0 Å². The molecule has 1 heterocycles. The van der Waals surface area contributed by atoms with E-state index in [1.807, 2.05) is 6.08 Å². The summed E-state index contributed by atoms with van der Waals surface area (Å²) in [7, 11) is 0. The Kier molecular flexibility index (Phi) is 6.69. The molecule has 0 aromatic rings. The summed E-state index contributed by atoms with van der Waals surface area (Å²) >= 11 is 0. The molecular formula is C13H26N2O. The molecule has 0 aliphatic carbocycles. The van der Waals surface area contributed by atoms with Crippen LogP contribution in [0.15, 0.2) is 12.7 Å². The van der Waals surface area contributed by atoms with E-state index < -0.39 is 0 Å². The highest BCUT2D eigenvalue weighted by Gasteiger charge is 2.22. The number of nitrogens with one attached hydrogen (secondary N) is 1. The highest BCUT2D eigenvalue weighted by atomic mass is 16.5. The van der Waals surface area contributed by atoms with Gasteiger partial charge in [0, 0.05) is 38.8 Å². The number of piperidine rings is 1. The molecule has 94 valence electrons. The average Bonchev–Trinajstić information content (AvgIpc) is 2.30. The van der Waals surface area contributed by atoms with Crippen LogP contribution in [0.5, 0.6) is 0 Å². The van der Waals surface area contributed by atoms with E-state index in [9.17, 15) is 0 Å². The zero-order valence-corrected chi connectivity index (χ0v) is 10.7. The van der Waals surface area contributed by atoms with Crippen LogP contribution in [-0.2, 0) is 4.74 Å². The van der Waals surface area contributed by atoms with Crippen molar-refractivity contribution in [1.82, 2.24) is 10.2 Å². The van der Waals surface area contributed by atoms with Crippen molar-refractivity contribution in [3.63, 3.8) is 0 Å². The lowest BCUT2D eigenvalue weighted by atomic mass is 10.1. The molecule has 1 atom stereocenters. The van der Waals surface area contributed by atoms with Gasteiger partial charge in [0.2, 0.25) is 0 Å². The van der Waals surface area contributed by atoms with E-state index in [1.54, 1.807) is 0 Å². The largest absolute Gasteiger partial charge is 0.378 e. The third-order valence-corrected chi connectivity index (χ3v) is 3.23. The van der Waals surface area contributed by atoms with Crippen LogP contribution < -0.4 is 5.32 Å². The van der Waals surface area contributed by atoms with Crippen molar-refractivity contribution in [3.8, 4) is 0 Å². The first-order valence-corrected chi connectivity index (χ1v) is 6.45. The van der Waals surface area contributed by atoms with Gasteiger partial charge in [-0.15, -0.1) is 6.58 Å². The van der Waals surface area contributed by atoms with Gasteiger partial charge in [0.05, 0.1) is 6.10 Å². The summed E-state index contributed by atoms with van der Waals surface area (Å²) < 4.78 is 5.65. The SMILES string of the molecule is C=CCNCC(C)N1CCC(OCC)CC1. The van der Waals surface area contributed by atoms with E-state index in [1.165, 1.54) is 25.9 Å². The minimum absolute atomic E-state index is 0.495. The van der Waals surface area contributed by atoms with Gasteiger partial charge in [-0.3, -0.25) is 4.90 Å². The van der Waals surface area contributed by atoms with Crippen LogP contribution in [0.25, 0.3) is 0 Å². The minimum atomic E-state index is 0.495. The molecule has 0 aromatic carbocycles. The number of likely N-dealkylation sites (tertiary alicyclic amines) is 1. The standard InChI is InChI=1S/C13H26N2O/c1-4-8-14-11-12(3)15-9-6-13(7-10-15)16-5-2/h4,12-14H,1,5-11H2,2-3H3. The van der Waals surface area contributed by atoms with Crippen molar-refractivity contribution < 1.29 is 4.74 Å². The van der Waals surface area contributed by atoms with Crippen LogP contribution in [0.2, 0.25) is 0 Å². The number of hydrogen-bond acceptors (Lipinski definition) is 3. The molecule has 1 saturated heterocycles. The molecule has 1 rings (SSSR count). The van der Waals surface area contributed by atoms with Crippen LogP contribution in [0.1, 0.15) is 26.7 Å². The van der Waals surface area contributed by atoms with Crippen molar-refractivity contribution in [1.29, 1.82) is 0 Å². The van der Waals surface area contributed by atoms with Gasteiger partial charge in [-0.25, -0.2) is 0 Å². The zero-order chi connectivity index (χ0) is 11.8. The lowest BCUT2D eigenvalue weighted by Gasteiger charge is -2.35. The highest BCUT2D eigenvalue weighted by Crippen LogP contribution is 2.15. The molecule has 0 amide bonds. The summed E-state index contributed by atoms with van der Waals surface area (Å²) in [5.74, 6) is 0. The molecule has 0 saturated carbocycles. The Balaban J connectivity index is 2.16. The highest BCUT2D eigenvalue weighted by molar-refractivity contribution is 4.79. The lowest BCUT2D eigenvalue weighted by molar-refractivity contribution is 0.00601. The van der Waals surface area contributed by atoms with E-state index in [0.29, 0.717) is 12.1 Å².